The Bertz CT molecular complexity index is 1160. The molecule has 3 aromatic rings. The number of aromatic nitrogens is 3. The van der Waals surface area contributed by atoms with Crippen LogP contribution in [0, 0.1) is 11.6 Å². The van der Waals surface area contributed by atoms with Crippen LogP contribution in [0.3, 0.4) is 0 Å². The van der Waals surface area contributed by atoms with Crippen LogP contribution in [-0.4, -0.2) is 43.3 Å². The van der Waals surface area contributed by atoms with Crippen LogP contribution < -0.4 is 15.7 Å². The van der Waals surface area contributed by atoms with Crippen LogP contribution in [0.15, 0.2) is 35.4 Å². The molecular formula is C17H12F2N4O6. The van der Waals surface area contributed by atoms with E-state index in [0.717, 1.165) is 30.6 Å². The molecule has 0 aliphatic rings. The highest BCUT2D eigenvalue weighted by Gasteiger charge is 2.25. The number of benzene rings is 1. The molecule has 12 heteroatoms. The van der Waals surface area contributed by atoms with Gasteiger partial charge in [0.25, 0.3) is 5.91 Å². The van der Waals surface area contributed by atoms with Gasteiger partial charge in [-0.25, -0.2) is 18.7 Å². The van der Waals surface area contributed by atoms with Gasteiger partial charge in [-0.05, 0) is 12.1 Å². The molecule has 150 valence electrons. The summed E-state index contributed by atoms with van der Waals surface area (Å²) < 4.78 is 28.1. The van der Waals surface area contributed by atoms with Crippen LogP contribution in [0.2, 0.25) is 0 Å². The molecule has 0 saturated carbocycles. The number of hydrogen-bond acceptors (Lipinski definition) is 7. The normalized spacial score (nSPS) is 10.7. The van der Waals surface area contributed by atoms with E-state index in [1.807, 2.05) is 5.32 Å². The topological polar surface area (TPSA) is 144 Å². The second-order valence-electron chi connectivity index (χ2n) is 5.60. The Morgan fingerprint density at radius 3 is 2.48 bits per heavy atom. The Hall–Kier alpha value is -4.09. The zero-order valence-electron chi connectivity index (χ0n) is 14.4. The van der Waals surface area contributed by atoms with Gasteiger partial charge in [-0.2, -0.15) is 0 Å². The molecular weight excluding hydrogens is 394 g/mol. The van der Waals surface area contributed by atoms with Crippen molar-refractivity contribution in [2.45, 2.75) is 6.61 Å². The summed E-state index contributed by atoms with van der Waals surface area (Å²) in [6, 6.07) is 3.13. The molecule has 0 aliphatic carbocycles. The van der Waals surface area contributed by atoms with Gasteiger partial charge in [0.05, 0.1) is 5.56 Å². The van der Waals surface area contributed by atoms with Gasteiger partial charge in [0, 0.05) is 12.4 Å². The number of nitrogens with zero attached hydrogens (tertiary/aromatic N) is 3. The van der Waals surface area contributed by atoms with E-state index in [4.69, 9.17) is 9.94 Å². The monoisotopic (exact) mass is 406 g/mol. The molecule has 0 spiro atoms. The summed E-state index contributed by atoms with van der Waals surface area (Å²) in [5.41, 5.74) is -3.21. The van der Waals surface area contributed by atoms with Crippen molar-refractivity contribution >= 4 is 23.0 Å². The molecule has 1 amide bonds. The third kappa shape index (κ3) is 3.81. The van der Waals surface area contributed by atoms with Gasteiger partial charge in [0.1, 0.15) is 24.8 Å². The number of amides is 1. The van der Waals surface area contributed by atoms with Crippen LogP contribution >= 0.6 is 0 Å². The molecule has 0 atom stereocenters. The number of halogens is 2. The largest absolute Gasteiger partial charge is 0.505 e. The maximum absolute atomic E-state index is 13.8. The van der Waals surface area contributed by atoms with E-state index in [2.05, 4.69) is 9.97 Å². The molecule has 10 nitrogen and oxygen atoms in total. The number of carbonyl (C=O) groups is 2. The number of carboxylic acid groups (broad SMARTS) is 1. The Labute approximate surface area is 160 Å². The lowest BCUT2D eigenvalue weighted by Gasteiger charge is -2.14. The Morgan fingerprint density at radius 2 is 1.83 bits per heavy atom. The van der Waals surface area contributed by atoms with Crippen LogP contribution in [0.25, 0.3) is 11.2 Å². The number of aromatic hydroxyl groups is 1. The smallest absolute Gasteiger partial charge is 0.322 e. The molecule has 2 aromatic heterocycles. The quantitative estimate of drug-likeness (QED) is 0.527. The van der Waals surface area contributed by atoms with E-state index in [1.54, 1.807) is 0 Å². The van der Waals surface area contributed by atoms with Crippen molar-refractivity contribution in [2.24, 2.45) is 0 Å². The van der Waals surface area contributed by atoms with Gasteiger partial charge in [-0.1, -0.05) is 6.07 Å². The minimum absolute atomic E-state index is 0.318. The SMILES string of the molecule is O=C(O)CNC(=O)c1c(O)c2nccnc2n(OCc2c(F)cccc2F)c1=O. The Morgan fingerprint density at radius 1 is 1.17 bits per heavy atom. The van der Waals surface area contributed by atoms with Gasteiger partial charge < -0.3 is 20.4 Å². The lowest BCUT2D eigenvalue weighted by atomic mass is 10.2. The highest BCUT2D eigenvalue weighted by molar-refractivity contribution is 6.01. The summed E-state index contributed by atoms with van der Waals surface area (Å²) in [4.78, 5) is 48.4. The van der Waals surface area contributed by atoms with E-state index in [-0.39, 0.29) is 11.2 Å². The highest BCUT2D eigenvalue weighted by atomic mass is 19.1. The first-order chi connectivity index (χ1) is 13.8. The third-order valence-electron chi connectivity index (χ3n) is 3.76. The maximum atomic E-state index is 13.8. The van der Waals surface area contributed by atoms with Crippen LogP contribution in [0.5, 0.6) is 5.75 Å². The summed E-state index contributed by atoms with van der Waals surface area (Å²) >= 11 is 0. The average Bonchev–Trinajstić information content (AvgIpc) is 2.68. The third-order valence-corrected chi connectivity index (χ3v) is 3.76. The summed E-state index contributed by atoms with van der Waals surface area (Å²) in [5, 5.41) is 20.9. The molecule has 0 bridgehead atoms. The molecule has 3 N–H and O–H groups in total. The maximum Gasteiger partial charge on any atom is 0.322 e. The first kappa shape index (κ1) is 19.7. The number of rotatable bonds is 6. The van der Waals surface area contributed by atoms with Crippen molar-refractivity contribution < 1.29 is 33.4 Å². The number of carbonyl (C=O) groups excluding carboxylic acids is 1. The lowest BCUT2D eigenvalue weighted by Crippen LogP contribution is -2.38. The summed E-state index contributed by atoms with van der Waals surface area (Å²) in [5.74, 6) is -5.29. The molecule has 29 heavy (non-hydrogen) atoms. The standard InChI is InChI=1S/C17H12F2N4O6/c18-9-2-1-3-10(19)8(9)7-29-23-15-13(20-4-5-21-15)14(26)12(17(23)28)16(27)22-6-11(24)25/h1-5,26H,6-7H2,(H,22,27)(H,24,25). The zero-order valence-corrected chi connectivity index (χ0v) is 14.4. The molecule has 0 aliphatic heterocycles. The minimum Gasteiger partial charge on any atom is -0.505 e. The van der Waals surface area contributed by atoms with Crippen LogP contribution in [0.1, 0.15) is 15.9 Å². The molecule has 0 fully saturated rings. The lowest BCUT2D eigenvalue weighted by molar-refractivity contribution is -0.135. The zero-order chi connectivity index (χ0) is 21.1. The predicted octanol–water partition coefficient (Wildman–Crippen LogP) is 0.218. The second kappa shape index (κ2) is 7.88. The Balaban J connectivity index is 2.09. The van der Waals surface area contributed by atoms with Gasteiger partial charge in [-0.3, -0.25) is 14.4 Å². The van der Waals surface area contributed by atoms with E-state index in [1.165, 1.54) is 0 Å². The van der Waals surface area contributed by atoms with Crippen molar-refractivity contribution in [1.82, 2.24) is 20.0 Å². The van der Waals surface area contributed by atoms with Gasteiger partial charge in [0.2, 0.25) is 5.65 Å². The molecule has 0 radical (unpaired) electrons. The summed E-state index contributed by atoms with van der Waals surface area (Å²) in [7, 11) is 0. The number of carboxylic acids is 1. The highest BCUT2D eigenvalue weighted by Crippen LogP contribution is 2.22. The predicted molar refractivity (Wildman–Crippen MR) is 92.1 cm³/mol. The number of nitrogens with one attached hydrogen (secondary N) is 1. The van der Waals surface area contributed by atoms with E-state index < -0.39 is 59.1 Å². The van der Waals surface area contributed by atoms with Crippen molar-refractivity contribution in [3.05, 3.63) is 63.7 Å². The first-order valence-electron chi connectivity index (χ1n) is 7.96. The molecule has 2 heterocycles. The molecule has 0 saturated heterocycles. The molecule has 0 unspecified atom stereocenters. The Kier molecular flexibility index (Phi) is 5.34. The fourth-order valence-corrected chi connectivity index (χ4v) is 2.43. The fraction of sp³-hybridized carbons (Fsp3) is 0.118. The summed E-state index contributed by atoms with van der Waals surface area (Å²) in [6.45, 7) is -1.57. The molecule has 3 rings (SSSR count). The van der Waals surface area contributed by atoms with Crippen molar-refractivity contribution in [3.8, 4) is 5.75 Å². The van der Waals surface area contributed by atoms with Gasteiger partial charge in [0.15, 0.2) is 16.8 Å². The van der Waals surface area contributed by atoms with E-state index in [9.17, 15) is 28.3 Å². The summed E-state index contributed by atoms with van der Waals surface area (Å²) in [6.07, 6.45) is 2.32. The number of hydrogen-bond donors (Lipinski definition) is 3. The van der Waals surface area contributed by atoms with E-state index in [0.29, 0.717) is 4.73 Å². The van der Waals surface area contributed by atoms with Crippen molar-refractivity contribution in [1.29, 1.82) is 0 Å². The fourth-order valence-electron chi connectivity index (χ4n) is 2.43. The van der Waals surface area contributed by atoms with Gasteiger partial charge in [-0.15, -0.1) is 4.73 Å². The first-order valence-corrected chi connectivity index (χ1v) is 7.96. The number of aliphatic carboxylic acids is 1. The van der Waals surface area contributed by atoms with E-state index >= 15 is 0 Å². The van der Waals surface area contributed by atoms with Crippen LogP contribution in [0.4, 0.5) is 8.78 Å². The minimum atomic E-state index is -1.38. The van der Waals surface area contributed by atoms with Crippen molar-refractivity contribution in [2.75, 3.05) is 6.54 Å². The van der Waals surface area contributed by atoms with Crippen LogP contribution in [-0.2, 0) is 11.4 Å². The average molecular weight is 406 g/mol. The van der Waals surface area contributed by atoms with Gasteiger partial charge >= 0.3 is 11.5 Å². The second-order valence-corrected chi connectivity index (χ2v) is 5.60. The van der Waals surface area contributed by atoms with Crippen molar-refractivity contribution in [3.63, 3.8) is 0 Å². The number of fused-ring (bicyclic) bond motifs is 1. The number of pyridine rings is 1. The molecule has 1 aromatic carbocycles.